The zero-order valence-corrected chi connectivity index (χ0v) is 8.49. The summed E-state index contributed by atoms with van der Waals surface area (Å²) in [5, 5.41) is 4.20. The minimum Gasteiger partial charge on any atom is -0.324 e. The van der Waals surface area contributed by atoms with Gasteiger partial charge in [-0.25, -0.2) is 0 Å². The van der Waals surface area contributed by atoms with Gasteiger partial charge in [-0.2, -0.15) is 5.10 Å². The minimum absolute atomic E-state index is 0.0699. The Morgan fingerprint density at radius 1 is 1.69 bits per heavy atom. The molecule has 0 amide bonds. The summed E-state index contributed by atoms with van der Waals surface area (Å²) in [5.41, 5.74) is 8.10. The Kier molecular flexibility index (Phi) is 3.25. The van der Waals surface area contributed by atoms with E-state index in [0.717, 1.165) is 12.1 Å². The topological polar surface area (TPSA) is 43.8 Å². The molecule has 0 unspecified atom stereocenters. The molecule has 0 fully saturated rings. The quantitative estimate of drug-likeness (QED) is 0.720. The molecule has 1 rings (SSSR count). The van der Waals surface area contributed by atoms with Gasteiger partial charge in [-0.3, -0.25) is 4.68 Å². The van der Waals surface area contributed by atoms with Crippen LogP contribution in [0.25, 0.3) is 0 Å². The van der Waals surface area contributed by atoms with Crippen LogP contribution in [0.4, 0.5) is 0 Å². The zero-order valence-electron chi connectivity index (χ0n) is 8.49. The molecule has 1 atom stereocenters. The first-order chi connectivity index (χ1) is 6.09. The third kappa shape index (κ3) is 3.03. The summed E-state index contributed by atoms with van der Waals surface area (Å²) < 4.78 is 1.89. The van der Waals surface area contributed by atoms with Crippen molar-refractivity contribution in [3.63, 3.8) is 0 Å². The molecule has 0 bridgehead atoms. The first-order valence-electron chi connectivity index (χ1n) is 4.51. The van der Waals surface area contributed by atoms with Crippen LogP contribution < -0.4 is 5.73 Å². The van der Waals surface area contributed by atoms with E-state index in [9.17, 15) is 0 Å². The van der Waals surface area contributed by atoms with Crippen molar-refractivity contribution >= 4 is 0 Å². The molecule has 0 saturated carbocycles. The summed E-state index contributed by atoms with van der Waals surface area (Å²) in [7, 11) is 0. The van der Waals surface area contributed by atoms with Gasteiger partial charge >= 0.3 is 0 Å². The lowest BCUT2D eigenvalue weighted by Gasteiger charge is -1.98. The van der Waals surface area contributed by atoms with E-state index in [1.165, 1.54) is 5.57 Å². The molecule has 72 valence electrons. The smallest absolute Gasteiger partial charge is 0.0592 e. The summed E-state index contributed by atoms with van der Waals surface area (Å²) in [5.74, 6) is 0. The summed E-state index contributed by atoms with van der Waals surface area (Å²) in [6.45, 7) is 6.95. The molecular weight excluding hydrogens is 162 g/mol. The van der Waals surface area contributed by atoms with Gasteiger partial charge in [-0.1, -0.05) is 11.6 Å². The van der Waals surface area contributed by atoms with Crippen LogP contribution in [-0.2, 0) is 6.54 Å². The zero-order chi connectivity index (χ0) is 9.84. The second-order valence-electron chi connectivity index (χ2n) is 3.57. The van der Waals surface area contributed by atoms with Gasteiger partial charge in [0.2, 0.25) is 0 Å². The van der Waals surface area contributed by atoms with Gasteiger partial charge in [0.1, 0.15) is 0 Å². The van der Waals surface area contributed by atoms with Crippen molar-refractivity contribution in [3.05, 3.63) is 29.6 Å². The van der Waals surface area contributed by atoms with Crippen LogP contribution in [0.2, 0.25) is 0 Å². The Morgan fingerprint density at radius 2 is 2.38 bits per heavy atom. The number of allylic oxidation sites excluding steroid dienone is 2. The molecule has 1 heterocycles. The van der Waals surface area contributed by atoms with Crippen LogP contribution in [0.5, 0.6) is 0 Å². The van der Waals surface area contributed by atoms with Gasteiger partial charge in [-0.15, -0.1) is 0 Å². The minimum atomic E-state index is 0.0699. The van der Waals surface area contributed by atoms with Crippen molar-refractivity contribution in [3.8, 4) is 0 Å². The number of aromatic nitrogens is 2. The fourth-order valence-electron chi connectivity index (χ4n) is 0.991. The fourth-order valence-corrected chi connectivity index (χ4v) is 0.991. The van der Waals surface area contributed by atoms with E-state index in [1.807, 2.05) is 24.0 Å². The Bertz CT molecular complexity index is 293. The number of nitrogens with two attached hydrogens (primary N) is 1. The molecule has 3 heteroatoms. The summed E-state index contributed by atoms with van der Waals surface area (Å²) in [6, 6.07) is 0.0699. The van der Waals surface area contributed by atoms with Gasteiger partial charge < -0.3 is 5.73 Å². The van der Waals surface area contributed by atoms with Crippen molar-refractivity contribution < 1.29 is 0 Å². The first-order valence-corrected chi connectivity index (χ1v) is 4.51. The van der Waals surface area contributed by atoms with Crippen molar-refractivity contribution in [2.75, 3.05) is 0 Å². The molecular formula is C10H17N3. The lowest BCUT2D eigenvalue weighted by molar-refractivity contribution is 0.696. The van der Waals surface area contributed by atoms with Gasteiger partial charge in [-0.05, 0) is 20.8 Å². The highest BCUT2D eigenvalue weighted by molar-refractivity contribution is 5.08. The third-order valence-corrected chi connectivity index (χ3v) is 1.87. The Morgan fingerprint density at radius 3 is 2.85 bits per heavy atom. The van der Waals surface area contributed by atoms with E-state index in [0.29, 0.717) is 0 Å². The first kappa shape index (κ1) is 9.99. The average molecular weight is 179 g/mol. The Balaban J connectivity index is 2.64. The molecule has 13 heavy (non-hydrogen) atoms. The van der Waals surface area contributed by atoms with Gasteiger partial charge in [0.05, 0.1) is 12.7 Å². The van der Waals surface area contributed by atoms with Crippen LogP contribution in [-0.4, -0.2) is 9.78 Å². The van der Waals surface area contributed by atoms with E-state index in [2.05, 4.69) is 25.0 Å². The van der Waals surface area contributed by atoms with Gasteiger partial charge in [0.25, 0.3) is 0 Å². The van der Waals surface area contributed by atoms with E-state index >= 15 is 0 Å². The highest BCUT2D eigenvalue weighted by atomic mass is 15.3. The largest absolute Gasteiger partial charge is 0.324 e. The molecule has 3 nitrogen and oxygen atoms in total. The lowest BCUT2D eigenvalue weighted by atomic mass is 10.2. The summed E-state index contributed by atoms with van der Waals surface area (Å²) in [4.78, 5) is 0. The van der Waals surface area contributed by atoms with Crippen LogP contribution in [0.3, 0.4) is 0 Å². The van der Waals surface area contributed by atoms with E-state index in [4.69, 9.17) is 5.73 Å². The van der Waals surface area contributed by atoms with Crippen LogP contribution in [0.1, 0.15) is 32.4 Å². The monoisotopic (exact) mass is 179 g/mol. The maximum absolute atomic E-state index is 5.71. The lowest BCUT2D eigenvalue weighted by Crippen LogP contribution is -2.03. The molecule has 0 saturated heterocycles. The second-order valence-corrected chi connectivity index (χ2v) is 3.57. The normalized spacial score (nSPS) is 12.6. The second kappa shape index (κ2) is 4.23. The van der Waals surface area contributed by atoms with E-state index in [-0.39, 0.29) is 6.04 Å². The number of rotatable bonds is 3. The van der Waals surface area contributed by atoms with Crippen LogP contribution >= 0.6 is 0 Å². The molecule has 0 radical (unpaired) electrons. The molecule has 2 N–H and O–H groups in total. The Labute approximate surface area is 79.2 Å². The molecule has 0 aliphatic carbocycles. The standard InChI is InChI=1S/C10H17N3/c1-8(2)4-5-13-7-10(6-12-13)9(3)11/h4,6-7,9H,5,11H2,1-3H3/t9-/m1/s1. The van der Waals surface area contributed by atoms with Crippen molar-refractivity contribution in [2.45, 2.75) is 33.4 Å². The predicted molar refractivity (Wildman–Crippen MR) is 54.3 cm³/mol. The van der Waals surface area contributed by atoms with Crippen molar-refractivity contribution in [1.29, 1.82) is 0 Å². The van der Waals surface area contributed by atoms with Crippen LogP contribution in [0.15, 0.2) is 24.0 Å². The number of hydrogen-bond donors (Lipinski definition) is 1. The number of hydrogen-bond acceptors (Lipinski definition) is 2. The molecule has 0 spiro atoms. The molecule has 0 aliphatic heterocycles. The van der Waals surface area contributed by atoms with E-state index < -0.39 is 0 Å². The predicted octanol–water partition coefficient (Wildman–Crippen LogP) is 1.87. The van der Waals surface area contributed by atoms with E-state index in [1.54, 1.807) is 0 Å². The maximum atomic E-state index is 5.71. The highest BCUT2D eigenvalue weighted by Gasteiger charge is 2.01. The molecule has 0 aliphatic rings. The average Bonchev–Trinajstić information content (AvgIpc) is 2.48. The fraction of sp³-hybridized carbons (Fsp3) is 0.500. The van der Waals surface area contributed by atoms with Crippen LogP contribution in [0, 0.1) is 0 Å². The molecule has 0 aromatic carbocycles. The van der Waals surface area contributed by atoms with Crippen molar-refractivity contribution in [1.82, 2.24) is 9.78 Å². The highest BCUT2D eigenvalue weighted by Crippen LogP contribution is 2.07. The molecule has 1 aromatic heterocycles. The molecule has 1 aromatic rings. The van der Waals surface area contributed by atoms with Gasteiger partial charge in [0.15, 0.2) is 0 Å². The Hall–Kier alpha value is -1.09. The van der Waals surface area contributed by atoms with Crippen molar-refractivity contribution in [2.24, 2.45) is 5.73 Å². The number of nitrogens with zero attached hydrogens (tertiary/aromatic N) is 2. The third-order valence-electron chi connectivity index (χ3n) is 1.87. The maximum Gasteiger partial charge on any atom is 0.0592 e. The SMILES string of the molecule is CC(C)=CCn1cc([C@@H](C)N)cn1. The summed E-state index contributed by atoms with van der Waals surface area (Å²) >= 11 is 0. The van der Waals surface area contributed by atoms with Gasteiger partial charge in [0, 0.05) is 17.8 Å². The summed E-state index contributed by atoms with van der Waals surface area (Å²) in [6.07, 6.45) is 5.95.